The average Bonchev–Trinajstić information content (AvgIpc) is 2.52. The summed E-state index contributed by atoms with van der Waals surface area (Å²) in [5.74, 6) is -0.459. The molecule has 1 saturated heterocycles. The predicted molar refractivity (Wildman–Crippen MR) is 81.6 cm³/mol. The highest BCUT2D eigenvalue weighted by Gasteiger charge is 2.25. The number of nitrogens with zero attached hydrogens (tertiary/aromatic N) is 2. The summed E-state index contributed by atoms with van der Waals surface area (Å²) >= 11 is 0. The number of nitrogens with two attached hydrogens (primary N) is 1. The Balaban J connectivity index is 1.93. The van der Waals surface area contributed by atoms with Crippen molar-refractivity contribution in [2.45, 2.75) is 25.8 Å². The van der Waals surface area contributed by atoms with Gasteiger partial charge in [0.05, 0.1) is 0 Å². The molecule has 0 saturated carbocycles. The fraction of sp³-hybridized carbons (Fsp3) is 0.562. The van der Waals surface area contributed by atoms with E-state index in [0.29, 0.717) is 31.2 Å². The van der Waals surface area contributed by atoms with Crippen LogP contribution >= 0.6 is 0 Å². The molecule has 0 radical (unpaired) electrons. The van der Waals surface area contributed by atoms with Gasteiger partial charge >= 0.3 is 0 Å². The summed E-state index contributed by atoms with van der Waals surface area (Å²) in [6.07, 6.45) is 2.21. The highest BCUT2D eigenvalue weighted by Crippen LogP contribution is 2.13. The number of halogens is 1. The molecule has 0 spiro atoms. The van der Waals surface area contributed by atoms with Gasteiger partial charge in [0.25, 0.3) is 5.91 Å². The van der Waals surface area contributed by atoms with Crippen molar-refractivity contribution >= 4 is 5.91 Å². The Hall–Kier alpha value is -1.46. The van der Waals surface area contributed by atoms with E-state index >= 15 is 0 Å². The summed E-state index contributed by atoms with van der Waals surface area (Å²) in [6.45, 7) is 5.84. The zero-order chi connectivity index (χ0) is 15.2. The molecule has 5 heteroatoms. The third-order valence-corrected chi connectivity index (χ3v) is 4.08. The Morgan fingerprint density at radius 2 is 2.05 bits per heavy atom. The van der Waals surface area contributed by atoms with Crippen molar-refractivity contribution in [3.05, 3.63) is 35.6 Å². The van der Waals surface area contributed by atoms with E-state index in [1.807, 2.05) is 0 Å². The average molecular weight is 293 g/mol. The lowest BCUT2D eigenvalue weighted by molar-refractivity contribution is 0.0566. The number of piperazine rings is 1. The SMILES string of the molecule is CCCC(CN)N1CCN(C(=O)c2cccc(F)c2)CC1. The van der Waals surface area contributed by atoms with Crippen LogP contribution in [0, 0.1) is 5.82 Å². The first-order chi connectivity index (χ1) is 10.2. The molecule has 1 aromatic rings. The van der Waals surface area contributed by atoms with Gasteiger partial charge in [0.2, 0.25) is 0 Å². The molecule has 1 fully saturated rings. The monoisotopic (exact) mass is 293 g/mol. The molecule has 21 heavy (non-hydrogen) atoms. The first-order valence-corrected chi connectivity index (χ1v) is 7.64. The van der Waals surface area contributed by atoms with Crippen LogP contribution in [-0.2, 0) is 0 Å². The number of hydrogen-bond acceptors (Lipinski definition) is 3. The number of carbonyl (C=O) groups is 1. The van der Waals surface area contributed by atoms with E-state index in [2.05, 4.69) is 11.8 Å². The van der Waals surface area contributed by atoms with Gasteiger partial charge in [-0.2, -0.15) is 0 Å². The van der Waals surface area contributed by atoms with Gasteiger partial charge in [0, 0.05) is 44.3 Å². The van der Waals surface area contributed by atoms with Crippen LogP contribution in [0.25, 0.3) is 0 Å². The second kappa shape index (κ2) is 7.52. The molecule has 1 heterocycles. The van der Waals surface area contributed by atoms with Crippen LogP contribution in [0.4, 0.5) is 4.39 Å². The van der Waals surface area contributed by atoms with E-state index in [4.69, 9.17) is 5.73 Å². The lowest BCUT2D eigenvalue weighted by atomic mass is 10.1. The topological polar surface area (TPSA) is 49.6 Å². The Bertz CT molecular complexity index is 472. The van der Waals surface area contributed by atoms with Crippen molar-refractivity contribution in [2.24, 2.45) is 5.73 Å². The summed E-state index contributed by atoms with van der Waals surface area (Å²) in [6, 6.07) is 6.29. The largest absolute Gasteiger partial charge is 0.336 e. The highest BCUT2D eigenvalue weighted by molar-refractivity contribution is 5.94. The molecule has 0 bridgehead atoms. The van der Waals surface area contributed by atoms with Gasteiger partial charge in [0.15, 0.2) is 0 Å². The lowest BCUT2D eigenvalue weighted by Crippen LogP contribution is -2.53. The third kappa shape index (κ3) is 4.02. The van der Waals surface area contributed by atoms with Crippen molar-refractivity contribution in [1.29, 1.82) is 0 Å². The summed E-state index contributed by atoms with van der Waals surface area (Å²) in [7, 11) is 0. The van der Waals surface area contributed by atoms with E-state index in [9.17, 15) is 9.18 Å². The van der Waals surface area contributed by atoms with Gasteiger partial charge in [-0.25, -0.2) is 4.39 Å². The molecule has 0 aromatic heterocycles. The predicted octanol–water partition coefficient (Wildman–Crippen LogP) is 1.71. The maximum atomic E-state index is 13.2. The van der Waals surface area contributed by atoms with Crippen LogP contribution in [0.15, 0.2) is 24.3 Å². The molecule has 1 unspecified atom stereocenters. The first-order valence-electron chi connectivity index (χ1n) is 7.64. The number of amides is 1. The summed E-state index contributed by atoms with van der Waals surface area (Å²) in [5.41, 5.74) is 6.25. The minimum absolute atomic E-state index is 0.0889. The molecular formula is C16H24FN3O. The minimum Gasteiger partial charge on any atom is -0.336 e. The molecule has 1 aromatic carbocycles. The lowest BCUT2D eigenvalue weighted by Gasteiger charge is -2.39. The van der Waals surface area contributed by atoms with Crippen LogP contribution in [0.5, 0.6) is 0 Å². The quantitative estimate of drug-likeness (QED) is 0.899. The maximum Gasteiger partial charge on any atom is 0.254 e. The van der Waals surface area contributed by atoms with E-state index in [1.54, 1.807) is 17.0 Å². The highest BCUT2D eigenvalue weighted by atomic mass is 19.1. The zero-order valence-electron chi connectivity index (χ0n) is 12.6. The van der Waals surface area contributed by atoms with Crippen LogP contribution in [0.3, 0.4) is 0 Å². The number of rotatable bonds is 5. The summed E-state index contributed by atoms with van der Waals surface area (Å²) < 4.78 is 13.2. The first kappa shape index (κ1) is 15.9. The van der Waals surface area contributed by atoms with E-state index in [1.165, 1.54) is 12.1 Å². The Morgan fingerprint density at radius 3 is 2.62 bits per heavy atom. The molecule has 1 aliphatic rings. The minimum atomic E-state index is -0.370. The van der Waals surface area contributed by atoms with Crippen LogP contribution < -0.4 is 5.73 Å². The molecule has 1 amide bonds. The smallest absolute Gasteiger partial charge is 0.254 e. The van der Waals surface area contributed by atoms with Crippen LogP contribution in [0.2, 0.25) is 0 Å². The molecule has 0 aliphatic carbocycles. The van der Waals surface area contributed by atoms with Crippen LogP contribution in [0.1, 0.15) is 30.1 Å². The molecular weight excluding hydrogens is 269 g/mol. The fourth-order valence-corrected chi connectivity index (χ4v) is 2.88. The fourth-order valence-electron chi connectivity index (χ4n) is 2.88. The van der Waals surface area contributed by atoms with Crippen molar-refractivity contribution in [3.8, 4) is 0 Å². The van der Waals surface area contributed by atoms with Gasteiger partial charge in [0.1, 0.15) is 5.82 Å². The maximum absolute atomic E-state index is 13.2. The Morgan fingerprint density at radius 1 is 1.33 bits per heavy atom. The third-order valence-electron chi connectivity index (χ3n) is 4.08. The van der Waals surface area contributed by atoms with Crippen molar-refractivity contribution in [1.82, 2.24) is 9.80 Å². The molecule has 1 aliphatic heterocycles. The van der Waals surface area contributed by atoms with Gasteiger partial charge in [-0.05, 0) is 24.6 Å². The number of benzene rings is 1. The van der Waals surface area contributed by atoms with E-state index < -0.39 is 0 Å². The molecule has 116 valence electrons. The van der Waals surface area contributed by atoms with Crippen molar-refractivity contribution in [3.63, 3.8) is 0 Å². The number of hydrogen-bond donors (Lipinski definition) is 1. The number of carbonyl (C=O) groups excluding carboxylic acids is 1. The molecule has 2 N–H and O–H groups in total. The Labute approximate surface area is 125 Å². The normalized spacial score (nSPS) is 17.8. The second-order valence-corrected chi connectivity index (χ2v) is 5.52. The van der Waals surface area contributed by atoms with Crippen LogP contribution in [-0.4, -0.2) is 54.5 Å². The van der Waals surface area contributed by atoms with Crippen molar-refractivity contribution in [2.75, 3.05) is 32.7 Å². The standard InChI is InChI=1S/C16H24FN3O/c1-2-4-15(12-18)19-7-9-20(10-8-19)16(21)13-5-3-6-14(17)11-13/h3,5-6,11,15H,2,4,7-10,12,18H2,1H3. The van der Waals surface area contributed by atoms with Gasteiger partial charge in [-0.1, -0.05) is 19.4 Å². The summed E-state index contributed by atoms with van der Waals surface area (Å²) in [4.78, 5) is 16.5. The van der Waals surface area contributed by atoms with Crippen molar-refractivity contribution < 1.29 is 9.18 Å². The second-order valence-electron chi connectivity index (χ2n) is 5.52. The molecule has 1 atom stereocenters. The van der Waals surface area contributed by atoms with E-state index in [-0.39, 0.29) is 11.7 Å². The van der Waals surface area contributed by atoms with Gasteiger partial charge in [-0.3, -0.25) is 9.69 Å². The van der Waals surface area contributed by atoms with Gasteiger partial charge < -0.3 is 10.6 Å². The van der Waals surface area contributed by atoms with Gasteiger partial charge in [-0.15, -0.1) is 0 Å². The molecule has 4 nitrogen and oxygen atoms in total. The molecule has 2 rings (SSSR count). The Kier molecular flexibility index (Phi) is 5.70. The summed E-state index contributed by atoms with van der Waals surface area (Å²) in [5, 5.41) is 0. The zero-order valence-corrected chi connectivity index (χ0v) is 12.6. The van der Waals surface area contributed by atoms with E-state index in [0.717, 1.165) is 25.9 Å².